The Labute approximate surface area is 90.7 Å². The van der Waals surface area contributed by atoms with Crippen LogP contribution in [0.25, 0.3) is 10.1 Å². The molecule has 2 aromatic rings. The van der Waals surface area contributed by atoms with Crippen LogP contribution in [0.1, 0.15) is 4.88 Å². The highest BCUT2D eigenvalue weighted by molar-refractivity contribution is 7.20. The smallest absolute Gasteiger partial charge is 0.136 e. The average Bonchev–Trinajstić information content (AvgIpc) is 2.55. The fraction of sp³-hybridized carbons (Fsp3) is 0.200. The Hall–Kier alpha value is -0.770. The van der Waals surface area contributed by atoms with Crippen molar-refractivity contribution in [1.82, 2.24) is 0 Å². The van der Waals surface area contributed by atoms with Crippen molar-refractivity contribution in [2.24, 2.45) is 0 Å². The first-order valence-corrected chi connectivity index (χ1v) is 5.32. The lowest BCUT2D eigenvalue weighted by Crippen LogP contribution is -1.80. The number of methoxy groups -OCH3 is 1. The van der Waals surface area contributed by atoms with Gasteiger partial charge in [-0.3, -0.25) is 0 Å². The lowest BCUT2D eigenvalue weighted by Gasteiger charge is -1.99. The number of hydrogen-bond donors (Lipinski definition) is 1. The van der Waals surface area contributed by atoms with Crippen LogP contribution in [-0.2, 0) is 6.61 Å². The number of rotatable bonds is 2. The molecule has 14 heavy (non-hydrogen) atoms. The first-order valence-electron chi connectivity index (χ1n) is 4.12. The summed E-state index contributed by atoms with van der Waals surface area (Å²) in [6.07, 6.45) is 0. The van der Waals surface area contributed by atoms with E-state index in [1.165, 1.54) is 11.3 Å². The molecule has 0 amide bonds. The highest BCUT2D eigenvalue weighted by Gasteiger charge is 2.12. The second-order valence-electron chi connectivity index (χ2n) is 2.83. The van der Waals surface area contributed by atoms with E-state index in [0.29, 0.717) is 5.02 Å². The summed E-state index contributed by atoms with van der Waals surface area (Å²) in [7, 11) is 1.63. The van der Waals surface area contributed by atoms with E-state index in [1.54, 1.807) is 7.11 Å². The third kappa shape index (κ3) is 1.38. The molecule has 0 fully saturated rings. The minimum Gasteiger partial charge on any atom is -0.495 e. The Balaban J connectivity index is 2.77. The van der Waals surface area contributed by atoms with Gasteiger partial charge >= 0.3 is 0 Å². The zero-order valence-corrected chi connectivity index (χ0v) is 9.15. The minimum atomic E-state index is -0.0265. The third-order valence-corrected chi connectivity index (χ3v) is 3.80. The Bertz CT molecular complexity index is 464. The topological polar surface area (TPSA) is 29.5 Å². The SMILES string of the molecule is COc1cccc2c(Cl)c(CO)sc12. The third-order valence-electron chi connectivity index (χ3n) is 2.05. The summed E-state index contributed by atoms with van der Waals surface area (Å²) in [6, 6.07) is 5.70. The zero-order valence-electron chi connectivity index (χ0n) is 7.58. The molecule has 1 heterocycles. The van der Waals surface area contributed by atoms with Crippen LogP contribution in [-0.4, -0.2) is 12.2 Å². The Kier molecular flexibility index (Phi) is 2.63. The van der Waals surface area contributed by atoms with E-state index < -0.39 is 0 Å². The number of ether oxygens (including phenoxy) is 1. The second-order valence-corrected chi connectivity index (χ2v) is 4.32. The quantitative estimate of drug-likeness (QED) is 0.856. The van der Waals surface area contributed by atoms with Gasteiger partial charge in [0.1, 0.15) is 5.75 Å². The number of aliphatic hydroxyl groups excluding tert-OH is 1. The number of aliphatic hydroxyl groups is 1. The van der Waals surface area contributed by atoms with Crippen molar-refractivity contribution in [3.05, 3.63) is 28.1 Å². The number of hydrogen-bond acceptors (Lipinski definition) is 3. The molecule has 0 saturated heterocycles. The number of fused-ring (bicyclic) bond motifs is 1. The van der Waals surface area contributed by atoms with Crippen molar-refractivity contribution < 1.29 is 9.84 Å². The van der Waals surface area contributed by atoms with E-state index in [9.17, 15) is 0 Å². The van der Waals surface area contributed by atoms with E-state index >= 15 is 0 Å². The molecule has 0 unspecified atom stereocenters. The molecule has 0 atom stereocenters. The Morgan fingerprint density at radius 3 is 2.93 bits per heavy atom. The van der Waals surface area contributed by atoms with Crippen LogP contribution >= 0.6 is 22.9 Å². The maximum absolute atomic E-state index is 9.07. The van der Waals surface area contributed by atoms with Gasteiger partial charge in [-0.05, 0) is 6.07 Å². The lowest BCUT2D eigenvalue weighted by atomic mass is 10.2. The van der Waals surface area contributed by atoms with E-state index in [1.807, 2.05) is 18.2 Å². The molecule has 2 nitrogen and oxygen atoms in total. The Morgan fingerprint density at radius 2 is 2.29 bits per heavy atom. The first-order chi connectivity index (χ1) is 6.77. The molecule has 1 N–H and O–H groups in total. The highest BCUT2D eigenvalue weighted by Crippen LogP contribution is 2.40. The van der Waals surface area contributed by atoms with Crippen LogP contribution < -0.4 is 4.74 Å². The van der Waals surface area contributed by atoms with Gasteiger partial charge in [-0.2, -0.15) is 0 Å². The molecular formula is C10H9ClO2S. The maximum Gasteiger partial charge on any atom is 0.136 e. The van der Waals surface area contributed by atoms with Crippen molar-refractivity contribution in [3.8, 4) is 5.75 Å². The molecule has 0 spiro atoms. The van der Waals surface area contributed by atoms with Gasteiger partial charge in [0, 0.05) is 10.3 Å². The summed E-state index contributed by atoms with van der Waals surface area (Å²) in [5.74, 6) is 0.800. The number of halogens is 1. The molecule has 0 aliphatic carbocycles. The van der Waals surface area contributed by atoms with Crippen molar-refractivity contribution in [2.45, 2.75) is 6.61 Å². The fourth-order valence-corrected chi connectivity index (χ4v) is 2.81. The summed E-state index contributed by atoms with van der Waals surface area (Å²) in [6.45, 7) is -0.0265. The highest BCUT2D eigenvalue weighted by atomic mass is 35.5. The molecule has 2 rings (SSSR count). The summed E-state index contributed by atoms with van der Waals surface area (Å²) in [5.41, 5.74) is 0. The van der Waals surface area contributed by atoms with Gasteiger partial charge in [-0.15, -0.1) is 11.3 Å². The first kappa shape index (κ1) is 9.77. The van der Waals surface area contributed by atoms with Crippen LogP contribution in [0.15, 0.2) is 18.2 Å². The molecule has 0 aliphatic heterocycles. The molecule has 1 aromatic heterocycles. The van der Waals surface area contributed by atoms with E-state index in [-0.39, 0.29) is 6.61 Å². The lowest BCUT2D eigenvalue weighted by molar-refractivity contribution is 0.285. The fourth-order valence-electron chi connectivity index (χ4n) is 1.37. The maximum atomic E-state index is 9.07. The van der Waals surface area contributed by atoms with Crippen LogP contribution in [0.5, 0.6) is 5.75 Å². The van der Waals surface area contributed by atoms with Gasteiger partial charge in [-0.25, -0.2) is 0 Å². The average molecular weight is 229 g/mol. The largest absolute Gasteiger partial charge is 0.495 e. The van der Waals surface area contributed by atoms with Crippen LogP contribution in [0.4, 0.5) is 0 Å². The summed E-state index contributed by atoms with van der Waals surface area (Å²) >= 11 is 7.55. The standard InChI is InChI=1S/C10H9ClO2S/c1-13-7-4-2-3-6-9(11)8(5-12)14-10(6)7/h2-4,12H,5H2,1H3. The van der Waals surface area contributed by atoms with Crippen LogP contribution in [0, 0.1) is 0 Å². The molecule has 74 valence electrons. The molecule has 1 aromatic carbocycles. The van der Waals surface area contributed by atoms with Crippen LogP contribution in [0.2, 0.25) is 5.02 Å². The van der Waals surface area contributed by atoms with Crippen molar-refractivity contribution in [1.29, 1.82) is 0 Å². The molecular weight excluding hydrogens is 220 g/mol. The summed E-state index contributed by atoms with van der Waals surface area (Å²) in [4.78, 5) is 0.783. The molecule has 0 radical (unpaired) electrons. The van der Waals surface area contributed by atoms with Crippen molar-refractivity contribution >= 4 is 33.0 Å². The van der Waals surface area contributed by atoms with Gasteiger partial charge in [0.05, 0.1) is 23.4 Å². The summed E-state index contributed by atoms with van der Waals surface area (Å²) in [5, 5.41) is 10.6. The summed E-state index contributed by atoms with van der Waals surface area (Å²) < 4.78 is 6.20. The number of thiophene rings is 1. The van der Waals surface area contributed by atoms with E-state index in [0.717, 1.165) is 20.7 Å². The Morgan fingerprint density at radius 1 is 1.50 bits per heavy atom. The number of benzene rings is 1. The van der Waals surface area contributed by atoms with Crippen molar-refractivity contribution in [2.75, 3.05) is 7.11 Å². The van der Waals surface area contributed by atoms with Crippen molar-refractivity contribution in [3.63, 3.8) is 0 Å². The van der Waals surface area contributed by atoms with Gasteiger partial charge in [-0.1, -0.05) is 23.7 Å². The van der Waals surface area contributed by atoms with Gasteiger partial charge in [0.15, 0.2) is 0 Å². The normalized spacial score (nSPS) is 10.8. The predicted molar refractivity (Wildman–Crippen MR) is 59.3 cm³/mol. The molecule has 0 saturated carbocycles. The zero-order chi connectivity index (χ0) is 10.1. The van der Waals surface area contributed by atoms with E-state index in [2.05, 4.69) is 0 Å². The van der Waals surface area contributed by atoms with Gasteiger partial charge in [0.2, 0.25) is 0 Å². The molecule has 0 bridgehead atoms. The molecule has 0 aliphatic rings. The van der Waals surface area contributed by atoms with Crippen LogP contribution in [0.3, 0.4) is 0 Å². The second kappa shape index (κ2) is 3.77. The molecule has 4 heteroatoms. The minimum absolute atomic E-state index is 0.0265. The predicted octanol–water partition coefficient (Wildman–Crippen LogP) is 3.06. The van der Waals surface area contributed by atoms with Gasteiger partial charge < -0.3 is 9.84 Å². The van der Waals surface area contributed by atoms with E-state index in [4.69, 9.17) is 21.4 Å². The van der Waals surface area contributed by atoms with Gasteiger partial charge in [0.25, 0.3) is 0 Å². The monoisotopic (exact) mass is 228 g/mol.